The monoisotopic (exact) mass is 809 g/mol. The van der Waals surface area contributed by atoms with Crippen LogP contribution in [0.1, 0.15) is 117 Å². The number of phosphoric ester groups is 1. The van der Waals surface area contributed by atoms with Gasteiger partial charge in [-0.25, -0.2) is 4.57 Å². The van der Waals surface area contributed by atoms with Crippen LogP contribution in [0.4, 0.5) is 0 Å². The first-order chi connectivity index (χ1) is 26.8. The quantitative estimate of drug-likeness (QED) is 0.0141. The molecule has 0 saturated carbocycles. The zero-order valence-electron chi connectivity index (χ0n) is 35.1. The number of esters is 2. The van der Waals surface area contributed by atoms with Crippen molar-refractivity contribution in [2.45, 2.75) is 135 Å². The van der Waals surface area contributed by atoms with Crippen LogP contribution in [0.25, 0.3) is 0 Å². The molecule has 4 atom stereocenters. The van der Waals surface area contributed by atoms with Gasteiger partial charge in [0.25, 0.3) is 0 Å². The molecule has 0 saturated heterocycles. The molecule has 0 amide bonds. The third-order valence-corrected chi connectivity index (χ3v) is 9.07. The lowest BCUT2D eigenvalue weighted by Gasteiger charge is -2.24. The van der Waals surface area contributed by atoms with Crippen molar-refractivity contribution in [3.63, 3.8) is 0 Å². The number of hydrogen-bond acceptors (Lipinski definition) is 9. The second-order valence-corrected chi connectivity index (χ2v) is 16.1. The molecule has 0 aliphatic rings. The van der Waals surface area contributed by atoms with E-state index in [-0.39, 0.29) is 26.1 Å². The number of hydrogen-bond donors (Lipinski definition) is 3. The van der Waals surface area contributed by atoms with Gasteiger partial charge >= 0.3 is 19.8 Å². The molecule has 11 nitrogen and oxygen atoms in total. The van der Waals surface area contributed by atoms with Crippen molar-refractivity contribution < 1.29 is 52.3 Å². The predicted octanol–water partition coefficient (Wildman–Crippen LogP) is 9.18. The van der Waals surface area contributed by atoms with Gasteiger partial charge in [-0.15, -0.1) is 0 Å². The summed E-state index contributed by atoms with van der Waals surface area (Å²) < 4.78 is 34.0. The van der Waals surface area contributed by atoms with E-state index in [0.717, 1.165) is 44.9 Å². The van der Waals surface area contributed by atoms with Crippen molar-refractivity contribution in [1.82, 2.24) is 0 Å². The Hall–Kier alpha value is -2.89. The van der Waals surface area contributed by atoms with Crippen molar-refractivity contribution in [3.8, 4) is 0 Å². The van der Waals surface area contributed by atoms with Crippen LogP contribution >= 0.6 is 7.82 Å². The van der Waals surface area contributed by atoms with Crippen molar-refractivity contribution in [3.05, 3.63) is 85.1 Å². The summed E-state index contributed by atoms with van der Waals surface area (Å²) >= 11 is 0. The number of carbonyl (C=O) groups excluding carboxylic acids is 2. The normalized spacial score (nSPS) is 15.6. The van der Waals surface area contributed by atoms with Gasteiger partial charge in [0.2, 0.25) is 0 Å². The van der Waals surface area contributed by atoms with E-state index in [1.54, 1.807) is 36.5 Å². The fourth-order valence-corrected chi connectivity index (χ4v) is 5.52. The van der Waals surface area contributed by atoms with Crippen LogP contribution in [0.5, 0.6) is 0 Å². The maximum Gasteiger partial charge on any atom is 0.472 e. The summed E-state index contributed by atoms with van der Waals surface area (Å²) in [6, 6.07) is 0. The summed E-state index contributed by atoms with van der Waals surface area (Å²) in [5.74, 6) is -0.989. The van der Waals surface area contributed by atoms with E-state index >= 15 is 0 Å². The standard InChI is InChI=1S/C44H74NO10P/c1-6-8-10-11-12-13-14-15-16-21-29-35-44(49)55-42(39-54-56(50,51)53-37-36-45(3,4)5)38-52-43(48)34-28-20-18-17-19-25-31-41(47)33-27-23-22-26-32-40(46)30-24-9-7-2/h9,11-12,18-20,22-27,32-33,40-42,46-47H,6-8,10,13-17,21,28-31,34-39H2,1-5H3/p+1/b12-11-,20-18-,23-22-,24-9-,25-19-,32-26+,33-27+/t40-,41+,42-/m1/s1. The average molecular weight is 809 g/mol. The summed E-state index contributed by atoms with van der Waals surface area (Å²) in [5.41, 5.74) is 0. The van der Waals surface area contributed by atoms with Crippen LogP contribution in [0.15, 0.2) is 85.1 Å². The van der Waals surface area contributed by atoms with Crippen LogP contribution in [-0.2, 0) is 32.7 Å². The fourth-order valence-electron chi connectivity index (χ4n) is 4.78. The van der Waals surface area contributed by atoms with Crippen molar-refractivity contribution in [2.24, 2.45) is 0 Å². The molecule has 0 aromatic carbocycles. The number of allylic oxidation sites excluding steroid dienone is 10. The first-order valence-corrected chi connectivity index (χ1v) is 22.0. The number of aliphatic hydroxyl groups excluding tert-OH is 2. The Morgan fingerprint density at radius 2 is 1.25 bits per heavy atom. The molecular weight excluding hydrogens is 733 g/mol. The zero-order valence-corrected chi connectivity index (χ0v) is 35.9. The predicted molar refractivity (Wildman–Crippen MR) is 227 cm³/mol. The number of ether oxygens (including phenoxy) is 2. The van der Waals surface area contributed by atoms with E-state index in [4.69, 9.17) is 18.5 Å². The topological polar surface area (TPSA) is 149 Å². The largest absolute Gasteiger partial charge is 0.472 e. The zero-order chi connectivity index (χ0) is 41.8. The van der Waals surface area contributed by atoms with E-state index in [9.17, 15) is 29.3 Å². The Labute approximate surface area is 338 Å². The smallest absolute Gasteiger partial charge is 0.462 e. The van der Waals surface area contributed by atoms with Crippen LogP contribution in [-0.4, -0.2) is 97.3 Å². The number of rotatable bonds is 35. The van der Waals surface area contributed by atoms with Gasteiger partial charge in [0.05, 0.1) is 40.0 Å². The van der Waals surface area contributed by atoms with Crippen LogP contribution < -0.4 is 0 Å². The maximum atomic E-state index is 12.6. The summed E-state index contributed by atoms with van der Waals surface area (Å²) in [6.07, 6.45) is 37.2. The summed E-state index contributed by atoms with van der Waals surface area (Å²) in [4.78, 5) is 35.2. The number of aliphatic hydroxyl groups is 2. The highest BCUT2D eigenvalue weighted by Gasteiger charge is 2.27. The van der Waals surface area contributed by atoms with Crippen LogP contribution in [0.3, 0.4) is 0 Å². The van der Waals surface area contributed by atoms with E-state index in [1.165, 1.54) is 12.8 Å². The minimum atomic E-state index is -4.42. The Morgan fingerprint density at radius 1 is 0.661 bits per heavy atom. The Bertz CT molecular complexity index is 1260. The highest BCUT2D eigenvalue weighted by Crippen LogP contribution is 2.43. The van der Waals surface area contributed by atoms with Gasteiger partial charge in [-0.2, -0.15) is 0 Å². The number of phosphoric acid groups is 1. The molecule has 12 heteroatoms. The average Bonchev–Trinajstić information content (AvgIpc) is 3.13. The van der Waals surface area contributed by atoms with E-state index in [1.807, 2.05) is 64.5 Å². The molecule has 0 rings (SSSR count). The van der Waals surface area contributed by atoms with E-state index < -0.39 is 44.7 Å². The fraction of sp³-hybridized carbons (Fsp3) is 0.636. The van der Waals surface area contributed by atoms with Gasteiger partial charge in [-0.3, -0.25) is 18.6 Å². The third-order valence-electron chi connectivity index (χ3n) is 8.09. The van der Waals surface area contributed by atoms with Gasteiger partial charge in [0, 0.05) is 12.8 Å². The molecule has 0 fully saturated rings. The summed E-state index contributed by atoms with van der Waals surface area (Å²) in [5, 5.41) is 19.9. The number of unbranched alkanes of at least 4 members (excludes halogenated alkanes) is 7. The molecule has 0 heterocycles. The van der Waals surface area contributed by atoms with Gasteiger partial charge < -0.3 is 29.1 Å². The molecular formula is C44H75NO10P+. The molecule has 0 radical (unpaired) electrons. The second kappa shape index (κ2) is 35.3. The first-order valence-electron chi connectivity index (χ1n) is 20.5. The minimum absolute atomic E-state index is 0.00385. The number of nitrogens with zero attached hydrogens (tertiary/aromatic N) is 1. The lowest BCUT2D eigenvalue weighted by Crippen LogP contribution is -2.37. The lowest BCUT2D eigenvalue weighted by molar-refractivity contribution is -0.870. The summed E-state index contributed by atoms with van der Waals surface area (Å²) in [7, 11) is 1.35. The van der Waals surface area contributed by atoms with Crippen molar-refractivity contribution in [1.29, 1.82) is 0 Å². The summed E-state index contributed by atoms with van der Waals surface area (Å²) in [6.45, 7) is 3.94. The van der Waals surface area contributed by atoms with Gasteiger partial charge in [0.1, 0.15) is 19.8 Å². The Kier molecular flexibility index (Phi) is 33.5. The molecule has 0 spiro atoms. The van der Waals surface area contributed by atoms with Crippen molar-refractivity contribution >= 4 is 19.8 Å². The Morgan fingerprint density at radius 3 is 1.89 bits per heavy atom. The third kappa shape index (κ3) is 38.0. The molecule has 1 unspecified atom stereocenters. The van der Waals surface area contributed by atoms with Crippen LogP contribution in [0.2, 0.25) is 0 Å². The molecule has 3 N–H and O–H groups in total. The Balaban J connectivity index is 4.64. The van der Waals surface area contributed by atoms with Crippen LogP contribution in [0, 0.1) is 0 Å². The molecule has 320 valence electrons. The number of likely N-dealkylation sites (N-methyl/N-ethyl adjacent to an activating group) is 1. The van der Waals surface area contributed by atoms with Gasteiger partial charge in [-0.05, 0) is 57.8 Å². The van der Waals surface area contributed by atoms with E-state index in [2.05, 4.69) is 19.1 Å². The highest BCUT2D eigenvalue weighted by molar-refractivity contribution is 7.47. The molecule has 0 bridgehead atoms. The molecule has 0 aliphatic heterocycles. The molecule has 0 aromatic rings. The minimum Gasteiger partial charge on any atom is -0.462 e. The van der Waals surface area contributed by atoms with E-state index in [0.29, 0.717) is 43.1 Å². The highest BCUT2D eigenvalue weighted by atomic mass is 31.2. The van der Waals surface area contributed by atoms with Gasteiger partial charge in [0.15, 0.2) is 6.10 Å². The SMILES string of the molecule is CC/C=C\C[C@@H](O)/C=C/C=C\C=C\[C@@H](O)C/C=C\C/C=C\CCC(=O)OC[C@H](COP(=O)(O)OCC[N+](C)(C)C)OC(=O)CCCCCCC/C=C\CCCC. The first kappa shape index (κ1) is 53.1. The molecule has 0 aromatic heterocycles. The van der Waals surface area contributed by atoms with Gasteiger partial charge in [-0.1, -0.05) is 131 Å². The number of quaternary nitrogens is 1. The molecule has 0 aliphatic carbocycles. The molecule has 56 heavy (non-hydrogen) atoms. The maximum absolute atomic E-state index is 12.6. The number of carbonyl (C=O) groups is 2. The van der Waals surface area contributed by atoms with Crippen molar-refractivity contribution in [2.75, 3.05) is 47.5 Å². The second-order valence-electron chi connectivity index (χ2n) is 14.7. The lowest BCUT2D eigenvalue weighted by atomic mass is 10.1.